The average Bonchev–Trinajstić information content (AvgIpc) is 2.40. The van der Waals surface area contributed by atoms with Crippen LogP contribution in [0, 0.1) is 0 Å². The van der Waals surface area contributed by atoms with E-state index in [1.165, 1.54) is 0 Å². The minimum atomic E-state index is -0.0372. The molecule has 0 atom stereocenters. The normalized spacial score (nSPS) is 10.7. The topological polar surface area (TPSA) is 59.9 Å². The Labute approximate surface area is 127 Å². The molecular weight excluding hydrogens is 299 g/mol. The van der Waals surface area contributed by atoms with E-state index in [2.05, 4.69) is 20.3 Å². The summed E-state index contributed by atoms with van der Waals surface area (Å²) in [5, 5.41) is 3.94. The van der Waals surface area contributed by atoms with E-state index in [-0.39, 0.29) is 12.1 Å². The number of rotatable bonds is 4. The van der Waals surface area contributed by atoms with E-state index in [1.54, 1.807) is 25.2 Å². The lowest BCUT2D eigenvalue weighted by atomic mass is 10.2. The van der Waals surface area contributed by atoms with Crippen LogP contribution in [0.5, 0.6) is 6.01 Å². The number of benzene rings is 1. The van der Waals surface area contributed by atoms with Crippen LogP contribution in [0.15, 0.2) is 18.2 Å². The molecule has 5 nitrogen and oxygen atoms in total. The molecular formula is C13H14Cl2N4O. The fourth-order valence-corrected chi connectivity index (χ4v) is 1.90. The molecule has 0 amide bonds. The number of ether oxygens (including phenoxy) is 1. The zero-order valence-electron chi connectivity index (χ0n) is 11.3. The molecule has 0 unspecified atom stereocenters. The van der Waals surface area contributed by atoms with Gasteiger partial charge < -0.3 is 10.1 Å². The van der Waals surface area contributed by atoms with Crippen LogP contribution in [0.3, 0.4) is 0 Å². The summed E-state index contributed by atoms with van der Waals surface area (Å²) in [7, 11) is 1.72. The van der Waals surface area contributed by atoms with Gasteiger partial charge in [-0.25, -0.2) is 0 Å². The van der Waals surface area contributed by atoms with Gasteiger partial charge in [0.15, 0.2) is 5.82 Å². The van der Waals surface area contributed by atoms with Crippen LogP contribution in [-0.4, -0.2) is 28.1 Å². The first-order chi connectivity index (χ1) is 9.49. The highest BCUT2D eigenvalue weighted by atomic mass is 35.5. The molecule has 106 valence electrons. The van der Waals surface area contributed by atoms with E-state index >= 15 is 0 Å². The molecule has 0 saturated heterocycles. The van der Waals surface area contributed by atoms with Crippen LogP contribution in [0.2, 0.25) is 10.0 Å². The first kappa shape index (κ1) is 14.8. The van der Waals surface area contributed by atoms with Crippen molar-refractivity contribution in [3.63, 3.8) is 0 Å². The van der Waals surface area contributed by atoms with Gasteiger partial charge in [0.2, 0.25) is 5.95 Å². The molecule has 1 aromatic heterocycles. The minimum absolute atomic E-state index is 0.0372. The zero-order valence-corrected chi connectivity index (χ0v) is 12.8. The van der Waals surface area contributed by atoms with Gasteiger partial charge in [-0.15, -0.1) is 0 Å². The van der Waals surface area contributed by atoms with Gasteiger partial charge >= 0.3 is 6.01 Å². The van der Waals surface area contributed by atoms with E-state index in [1.807, 2.05) is 13.8 Å². The molecule has 0 radical (unpaired) electrons. The molecule has 0 aliphatic heterocycles. The van der Waals surface area contributed by atoms with Crippen LogP contribution in [-0.2, 0) is 0 Å². The molecule has 1 heterocycles. The van der Waals surface area contributed by atoms with Crippen molar-refractivity contribution in [1.82, 2.24) is 15.0 Å². The molecule has 0 aliphatic carbocycles. The van der Waals surface area contributed by atoms with Gasteiger partial charge in [-0.05, 0) is 32.0 Å². The van der Waals surface area contributed by atoms with Crippen molar-refractivity contribution in [2.45, 2.75) is 20.0 Å². The molecule has 1 aromatic carbocycles. The molecule has 1 N–H and O–H groups in total. The highest BCUT2D eigenvalue weighted by molar-refractivity contribution is 6.35. The summed E-state index contributed by atoms with van der Waals surface area (Å²) in [6, 6.07) is 5.35. The predicted octanol–water partition coefficient (Wildman–Crippen LogP) is 3.67. The molecule has 2 rings (SSSR count). The van der Waals surface area contributed by atoms with E-state index < -0.39 is 0 Å². The quantitative estimate of drug-likeness (QED) is 0.933. The Bertz CT molecular complexity index is 619. The summed E-state index contributed by atoms with van der Waals surface area (Å²) >= 11 is 12.2. The lowest BCUT2D eigenvalue weighted by Gasteiger charge is -2.11. The molecule has 0 aliphatic rings. The molecule has 0 spiro atoms. The number of hydrogen-bond acceptors (Lipinski definition) is 5. The van der Waals surface area contributed by atoms with Crippen LogP contribution < -0.4 is 10.1 Å². The van der Waals surface area contributed by atoms with Crippen molar-refractivity contribution in [1.29, 1.82) is 0 Å². The second-order valence-electron chi connectivity index (χ2n) is 4.31. The van der Waals surface area contributed by atoms with Crippen molar-refractivity contribution in [3.05, 3.63) is 28.2 Å². The van der Waals surface area contributed by atoms with E-state index in [9.17, 15) is 0 Å². The van der Waals surface area contributed by atoms with Gasteiger partial charge in [-0.3, -0.25) is 0 Å². The van der Waals surface area contributed by atoms with Gasteiger partial charge in [0.25, 0.3) is 0 Å². The number of nitrogens with one attached hydrogen (secondary N) is 1. The predicted molar refractivity (Wildman–Crippen MR) is 80.6 cm³/mol. The monoisotopic (exact) mass is 312 g/mol. The standard InChI is InChI=1S/C13H14Cl2N4O/c1-7(2)20-13-18-11(17-12(16-3)19-13)9-6-8(14)4-5-10(9)15/h4-7H,1-3H3,(H,16,17,18,19). The van der Waals surface area contributed by atoms with Gasteiger partial charge in [0.05, 0.1) is 11.1 Å². The molecule has 0 fully saturated rings. The highest BCUT2D eigenvalue weighted by Crippen LogP contribution is 2.29. The van der Waals surface area contributed by atoms with Gasteiger partial charge in [0, 0.05) is 17.6 Å². The second-order valence-corrected chi connectivity index (χ2v) is 5.15. The molecule has 2 aromatic rings. The average molecular weight is 313 g/mol. The van der Waals surface area contributed by atoms with Crippen LogP contribution in [0.4, 0.5) is 5.95 Å². The summed E-state index contributed by atoms with van der Waals surface area (Å²) in [6.45, 7) is 3.80. The van der Waals surface area contributed by atoms with Crippen molar-refractivity contribution in [2.24, 2.45) is 0 Å². The maximum absolute atomic E-state index is 6.16. The summed E-state index contributed by atoms with van der Waals surface area (Å²) in [6.07, 6.45) is -0.0372. The Morgan fingerprint density at radius 1 is 1.15 bits per heavy atom. The van der Waals surface area contributed by atoms with Crippen LogP contribution in [0.25, 0.3) is 11.4 Å². The Balaban J connectivity index is 2.52. The maximum Gasteiger partial charge on any atom is 0.322 e. The van der Waals surface area contributed by atoms with Crippen molar-refractivity contribution in [2.75, 3.05) is 12.4 Å². The highest BCUT2D eigenvalue weighted by Gasteiger charge is 2.13. The van der Waals surface area contributed by atoms with Crippen molar-refractivity contribution >= 4 is 29.2 Å². The third kappa shape index (κ3) is 3.49. The maximum atomic E-state index is 6.16. The molecule has 7 heteroatoms. The first-order valence-corrected chi connectivity index (χ1v) is 6.81. The number of halogens is 2. The van der Waals surface area contributed by atoms with Gasteiger partial charge in [-0.2, -0.15) is 15.0 Å². The molecule has 0 saturated carbocycles. The summed E-state index contributed by atoms with van der Waals surface area (Å²) in [5.41, 5.74) is 0.631. The fraction of sp³-hybridized carbons (Fsp3) is 0.308. The lowest BCUT2D eigenvalue weighted by molar-refractivity contribution is 0.222. The second kappa shape index (κ2) is 6.24. The smallest absolute Gasteiger partial charge is 0.322 e. The van der Waals surface area contributed by atoms with Crippen LogP contribution in [0.1, 0.15) is 13.8 Å². The number of hydrogen-bond donors (Lipinski definition) is 1. The van der Waals surface area contributed by atoms with Gasteiger partial charge in [0.1, 0.15) is 0 Å². The summed E-state index contributed by atoms with van der Waals surface area (Å²) in [4.78, 5) is 12.7. The molecule has 0 bridgehead atoms. The van der Waals surface area contributed by atoms with Gasteiger partial charge in [-0.1, -0.05) is 23.2 Å². The third-order valence-electron chi connectivity index (χ3n) is 2.35. The number of anilines is 1. The van der Waals surface area contributed by atoms with Crippen LogP contribution >= 0.6 is 23.2 Å². The van der Waals surface area contributed by atoms with Crippen molar-refractivity contribution < 1.29 is 4.74 Å². The third-order valence-corrected chi connectivity index (χ3v) is 2.91. The van der Waals surface area contributed by atoms with E-state index in [0.717, 1.165) is 0 Å². The number of nitrogens with zero attached hydrogens (tertiary/aromatic N) is 3. The lowest BCUT2D eigenvalue weighted by Crippen LogP contribution is -2.11. The first-order valence-electron chi connectivity index (χ1n) is 6.05. The van der Waals surface area contributed by atoms with E-state index in [4.69, 9.17) is 27.9 Å². The Morgan fingerprint density at radius 3 is 2.55 bits per heavy atom. The minimum Gasteiger partial charge on any atom is -0.461 e. The Hall–Kier alpha value is -1.59. The molecule has 20 heavy (non-hydrogen) atoms. The Morgan fingerprint density at radius 2 is 1.90 bits per heavy atom. The SMILES string of the molecule is CNc1nc(OC(C)C)nc(-c2cc(Cl)ccc2Cl)n1. The largest absolute Gasteiger partial charge is 0.461 e. The number of aromatic nitrogens is 3. The van der Waals surface area contributed by atoms with E-state index in [0.29, 0.717) is 27.4 Å². The van der Waals surface area contributed by atoms with Crippen molar-refractivity contribution in [3.8, 4) is 17.4 Å². The zero-order chi connectivity index (χ0) is 14.7. The summed E-state index contributed by atoms with van der Waals surface area (Å²) < 4.78 is 5.51. The fourth-order valence-electron chi connectivity index (χ4n) is 1.52. The Kier molecular flexibility index (Phi) is 4.62. The summed E-state index contributed by atoms with van der Waals surface area (Å²) in [5.74, 6) is 0.814.